The standard InChI is InChI=1S/C11H19NO4S2/c1-8(6-16-3)4-12-18(14,15)11-9(2)7-17-10(11)5-13/h7-8,12-13H,4-6H2,1-3H3. The van der Waals surface area contributed by atoms with Crippen LogP contribution in [-0.4, -0.2) is 33.8 Å². The van der Waals surface area contributed by atoms with E-state index in [-0.39, 0.29) is 17.4 Å². The van der Waals surface area contributed by atoms with Crippen LogP contribution in [0.3, 0.4) is 0 Å². The third-order valence-corrected chi connectivity index (χ3v) is 5.35. The van der Waals surface area contributed by atoms with E-state index in [1.54, 1.807) is 19.4 Å². The van der Waals surface area contributed by atoms with Gasteiger partial charge >= 0.3 is 0 Å². The Bertz CT molecular complexity index is 481. The molecule has 18 heavy (non-hydrogen) atoms. The zero-order valence-corrected chi connectivity index (χ0v) is 12.4. The van der Waals surface area contributed by atoms with Crippen molar-refractivity contribution in [2.24, 2.45) is 5.92 Å². The van der Waals surface area contributed by atoms with Crippen molar-refractivity contribution in [3.8, 4) is 0 Å². The summed E-state index contributed by atoms with van der Waals surface area (Å²) in [4.78, 5) is 0.680. The van der Waals surface area contributed by atoms with Gasteiger partial charge in [0, 0.05) is 20.3 Å². The van der Waals surface area contributed by atoms with Crippen molar-refractivity contribution in [3.63, 3.8) is 0 Å². The number of nitrogens with one attached hydrogen (secondary N) is 1. The first-order chi connectivity index (χ1) is 8.42. The molecule has 1 rings (SSSR count). The molecule has 1 unspecified atom stereocenters. The van der Waals surface area contributed by atoms with Crippen LogP contribution in [0.4, 0.5) is 0 Å². The molecule has 0 saturated heterocycles. The molecule has 1 aromatic rings. The van der Waals surface area contributed by atoms with Gasteiger partial charge in [-0.2, -0.15) is 0 Å². The second kappa shape index (κ2) is 6.63. The molecule has 5 nitrogen and oxygen atoms in total. The molecule has 1 heterocycles. The minimum Gasteiger partial charge on any atom is -0.391 e. The summed E-state index contributed by atoms with van der Waals surface area (Å²) < 4.78 is 31.8. The maximum atomic E-state index is 12.1. The van der Waals surface area contributed by atoms with E-state index in [4.69, 9.17) is 9.84 Å². The largest absolute Gasteiger partial charge is 0.391 e. The average molecular weight is 293 g/mol. The molecule has 1 aromatic heterocycles. The summed E-state index contributed by atoms with van der Waals surface area (Å²) in [6.45, 7) is 4.18. The Hall–Kier alpha value is -0.470. The SMILES string of the molecule is COCC(C)CNS(=O)(=O)c1c(C)csc1CO. The quantitative estimate of drug-likeness (QED) is 0.789. The maximum absolute atomic E-state index is 12.1. The molecule has 0 aromatic carbocycles. The molecule has 7 heteroatoms. The molecule has 0 bridgehead atoms. The number of aryl methyl sites for hydroxylation is 1. The van der Waals surface area contributed by atoms with Crippen LogP contribution in [-0.2, 0) is 21.4 Å². The van der Waals surface area contributed by atoms with Crippen LogP contribution in [0.5, 0.6) is 0 Å². The number of hydrogen-bond acceptors (Lipinski definition) is 5. The summed E-state index contributed by atoms with van der Waals surface area (Å²) in [5, 5.41) is 10.9. The van der Waals surface area contributed by atoms with E-state index in [0.717, 1.165) is 0 Å². The van der Waals surface area contributed by atoms with Crippen molar-refractivity contribution < 1.29 is 18.3 Å². The zero-order valence-electron chi connectivity index (χ0n) is 10.8. The lowest BCUT2D eigenvalue weighted by molar-refractivity contribution is 0.161. The Morgan fingerprint density at radius 2 is 2.22 bits per heavy atom. The van der Waals surface area contributed by atoms with Gasteiger partial charge in [-0.25, -0.2) is 13.1 Å². The number of aliphatic hydroxyl groups is 1. The minimum atomic E-state index is -3.56. The first kappa shape index (κ1) is 15.6. The molecule has 0 amide bonds. The molecule has 2 N–H and O–H groups in total. The third-order valence-electron chi connectivity index (χ3n) is 2.47. The van der Waals surface area contributed by atoms with Crippen molar-refractivity contribution in [1.29, 1.82) is 0 Å². The number of aliphatic hydroxyl groups excluding tert-OH is 1. The van der Waals surface area contributed by atoms with Gasteiger partial charge in [-0.05, 0) is 23.8 Å². The molecule has 0 saturated carbocycles. The Labute approximate surface area is 112 Å². The fraction of sp³-hybridized carbons (Fsp3) is 0.636. The Morgan fingerprint density at radius 3 is 2.78 bits per heavy atom. The number of sulfonamides is 1. The van der Waals surface area contributed by atoms with Crippen molar-refractivity contribution >= 4 is 21.4 Å². The molecule has 0 fully saturated rings. The summed E-state index contributed by atoms with van der Waals surface area (Å²) in [6.07, 6.45) is 0. The van der Waals surface area contributed by atoms with Crippen molar-refractivity contribution in [2.45, 2.75) is 25.3 Å². The molecule has 0 aliphatic rings. The maximum Gasteiger partial charge on any atom is 0.242 e. The van der Waals surface area contributed by atoms with Gasteiger partial charge in [-0.3, -0.25) is 0 Å². The molecule has 0 radical (unpaired) electrons. The summed E-state index contributed by atoms with van der Waals surface area (Å²) in [7, 11) is -1.98. The van der Waals surface area contributed by atoms with Gasteiger partial charge in [-0.15, -0.1) is 11.3 Å². The number of hydrogen-bond donors (Lipinski definition) is 2. The Kier molecular flexibility index (Phi) is 5.74. The molecule has 1 atom stereocenters. The smallest absolute Gasteiger partial charge is 0.242 e. The van der Waals surface area contributed by atoms with E-state index >= 15 is 0 Å². The second-order valence-corrected chi connectivity index (χ2v) is 6.91. The predicted octanol–water partition coefficient (Wildman–Crippen LogP) is 1.11. The average Bonchev–Trinajstić information content (AvgIpc) is 2.69. The molecule has 104 valence electrons. The van der Waals surface area contributed by atoms with Gasteiger partial charge in [0.1, 0.15) is 4.90 Å². The summed E-state index contributed by atoms with van der Waals surface area (Å²) >= 11 is 1.25. The molecule has 0 aliphatic carbocycles. The lowest BCUT2D eigenvalue weighted by Gasteiger charge is -2.12. The van der Waals surface area contributed by atoms with Crippen LogP contribution in [0.15, 0.2) is 10.3 Å². The highest BCUT2D eigenvalue weighted by Gasteiger charge is 2.22. The fourth-order valence-electron chi connectivity index (χ4n) is 1.62. The lowest BCUT2D eigenvalue weighted by atomic mass is 10.2. The van der Waals surface area contributed by atoms with E-state index < -0.39 is 10.0 Å². The van der Waals surface area contributed by atoms with E-state index in [2.05, 4.69) is 4.72 Å². The van der Waals surface area contributed by atoms with Crippen LogP contribution in [0, 0.1) is 12.8 Å². The molecular formula is C11H19NO4S2. The normalized spacial score (nSPS) is 13.8. The highest BCUT2D eigenvalue weighted by Crippen LogP contribution is 2.26. The fourth-order valence-corrected chi connectivity index (χ4v) is 4.45. The van der Waals surface area contributed by atoms with Crippen LogP contribution in [0.1, 0.15) is 17.4 Å². The minimum absolute atomic E-state index is 0.0984. The van der Waals surface area contributed by atoms with E-state index in [1.165, 1.54) is 11.3 Å². The van der Waals surface area contributed by atoms with E-state index in [0.29, 0.717) is 23.6 Å². The molecule has 0 aliphatic heterocycles. The second-order valence-electron chi connectivity index (χ2n) is 4.24. The summed E-state index contributed by atoms with van der Waals surface area (Å²) in [5.74, 6) is 0.0984. The first-order valence-electron chi connectivity index (χ1n) is 5.58. The number of thiophene rings is 1. The van der Waals surface area contributed by atoms with Gasteiger partial charge < -0.3 is 9.84 Å². The van der Waals surface area contributed by atoms with Gasteiger partial charge in [0.15, 0.2) is 0 Å². The van der Waals surface area contributed by atoms with E-state index in [1.807, 2.05) is 6.92 Å². The number of methoxy groups -OCH3 is 1. The number of rotatable bonds is 7. The Balaban J connectivity index is 2.83. The van der Waals surface area contributed by atoms with Crippen molar-refractivity contribution in [1.82, 2.24) is 4.72 Å². The van der Waals surface area contributed by atoms with Crippen LogP contribution in [0.2, 0.25) is 0 Å². The predicted molar refractivity (Wildman–Crippen MR) is 71.2 cm³/mol. The summed E-state index contributed by atoms with van der Waals surface area (Å²) in [6, 6.07) is 0. The molecular weight excluding hydrogens is 274 g/mol. The highest BCUT2D eigenvalue weighted by molar-refractivity contribution is 7.89. The molecule has 0 spiro atoms. The van der Waals surface area contributed by atoms with Crippen molar-refractivity contribution in [2.75, 3.05) is 20.3 Å². The zero-order chi connectivity index (χ0) is 13.8. The van der Waals surface area contributed by atoms with Gasteiger partial charge in [0.2, 0.25) is 10.0 Å². The van der Waals surface area contributed by atoms with Crippen LogP contribution in [0.25, 0.3) is 0 Å². The van der Waals surface area contributed by atoms with Gasteiger partial charge in [-0.1, -0.05) is 6.92 Å². The third kappa shape index (κ3) is 3.76. The van der Waals surface area contributed by atoms with Gasteiger partial charge in [0.05, 0.1) is 11.5 Å². The van der Waals surface area contributed by atoms with Crippen molar-refractivity contribution in [3.05, 3.63) is 15.8 Å². The highest BCUT2D eigenvalue weighted by atomic mass is 32.2. The van der Waals surface area contributed by atoms with Gasteiger partial charge in [0.25, 0.3) is 0 Å². The number of ether oxygens (including phenoxy) is 1. The van der Waals surface area contributed by atoms with Crippen LogP contribution < -0.4 is 4.72 Å². The van der Waals surface area contributed by atoms with Crippen LogP contribution >= 0.6 is 11.3 Å². The summed E-state index contributed by atoms with van der Waals surface area (Å²) in [5.41, 5.74) is 0.663. The topological polar surface area (TPSA) is 75.6 Å². The monoisotopic (exact) mass is 293 g/mol. The Morgan fingerprint density at radius 1 is 1.56 bits per heavy atom. The van der Waals surface area contributed by atoms with E-state index in [9.17, 15) is 8.42 Å². The first-order valence-corrected chi connectivity index (χ1v) is 7.95. The lowest BCUT2D eigenvalue weighted by Crippen LogP contribution is -2.30.